The second kappa shape index (κ2) is 9.63. The Kier molecular flexibility index (Phi) is 7.21. The number of nitrogens with zero attached hydrogens (tertiary/aromatic N) is 1. The van der Waals surface area contributed by atoms with E-state index in [1.807, 2.05) is 0 Å². The number of amides is 1. The molecule has 1 N–H and O–H groups in total. The minimum atomic E-state index is -0.522. The summed E-state index contributed by atoms with van der Waals surface area (Å²) in [5.41, 5.74) is -0.0873. The van der Waals surface area contributed by atoms with Gasteiger partial charge in [-0.1, -0.05) is 6.07 Å². The van der Waals surface area contributed by atoms with Crippen molar-refractivity contribution in [3.63, 3.8) is 0 Å². The number of non-ortho nitro benzene ring substituents is 1. The fourth-order valence-electron chi connectivity index (χ4n) is 1.91. The molecule has 0 aromatic heterocycles. The molecule has 0 fully saturated rings. The highest BCUT2D eigenvalue weighted by Crippen LogP contribution is 2.19. The first kappa shape index (κ1) is 18.7. The molecule has 0 aliphatic heterocycles. The van der Waals surface area contributed by atoms with Crippen LogP contribution >= 0.6 is 11.8 Å². The Hall–Kier alpha value is -2.61. The van der Waals surface area contributed by atoms with E-state index >= 15 is 0 Å². The summed E-state index contributed by atoms with van der Waals surface area (Å²) in [6, 6.07) is 11.9. The monoisotopic (exact) mass is 364 g/mol. The van der Waals surface area contributed by atoms with E-state index in [1.54, 1.807) is 30.0 Å². The molecule has 0 saturated carbocycles. The van der Waals surface area contributed by atoms with E-state index in [0.717, 1.165) is 17.1 Å². The SMILES string of the molecule is O=C(COc1cccc([N+](=O)[O-])c1)NCCCSc1ccc(F)cc1. The molecular weight excluding hydrogens is 347 g/mol. The lowest BCUT2D eigenvalue weighted by atomic mass is 10.3. The van der Waals surface area contributed by atoms with Crippen molar-refractivity contribution in [1.29, 1.82) is 0 Å². The lowest BCUT2D eigenvalue weighted by Crippen LogP contribution is -2.29. The topological polar surface area (TPSA) is 81.5 Å². The van der Waals surface area contributed by atoms with Crippen LogP contribution in [0.1, 0.15) is 6.42 Å². The van der Waals surface area contributed by atoms with Gasteiger partial charge in [-0.2, -0.15) is 0 Å². The smallest absolute Gasteiger partial charge is 0.273 e. The van der Waals surface area contributed by atoms with Crippen molar-refractivity contribution in [1.82, 2.24) is 5.32 Å². The van der Waals surface area contributed by atoms with Gasteiger partial charge in [0.1, 0.15) is 11.6 Å². The van der Waals surface area contributed by atoms with Crippen LogP contribution in [0.5, 0.6) is 5.75 Å². The second-order valence-corrected chi connectivity index (χ2v) is 6.22. The lowest BCUT2D eigenvalue weighted by Gasteiger charge is -2.07. The van der Waals surface area contributed by atoms with Gasteiger partial charge in [-0.15, -0.1) is 11.8 Å². The van der Waals surface area contributed by atoms with Gasteiger partial charge in [0.25, 0.3) is 11.6 Å². The largest absolute Gasteiger partial charge is 0.484 e. The van der Waals surface area contributed by atoms with Gasteiger partial charge >= 0.3 is 0 Å². The van der Waals surface area contributed by atoms with Crippen LogP contribution in [0, 0.1) is 15.9 Å². The number of nitrogens with one attached hydrogen (secondary N) is 1. The number of hydrogen-bond acceptors (Lipinski definition) is 5. The van der Waals surface area contributed by atoms with Crippen molar-refractivity contribution in [3.8, 4) is 5.75 Å². The average molecular weight is 364 g/mol. The fourth-order valence-corrected chi connectivity index (χ4v) is 2.76. The zero-order valence-electron chi connectivity index (χ0n) is 13.3. The molecule has 25 heavy (non-hydrogen) atoms. The molecule has 0 aliphatic rings. The predicted octanol–water partition coefficient (Wildman–Crippen LogP) is 3.41. The van der Waals surface area contributed by atoms with E-state index in [4.69, 9.17) is 4.74 Å². The second-order valence-electron chi connectivity index (χ2n) is 5.05. The quantitative estimate of drug-likeness (QED) is 0.319. The lowest BCUT2D eigenvalue weighted by molar-refractivity contribution is -0.384. The van der Waals surface area contributed by atoms with Gasteiger partial charge in [0, 0.05) is 17.5 Å². The van der Waals surface area contributed by atoms with Crippen molar-refractivity contribution in [2.75, 3.05) is 18.9 Å². The molecule has 1 amide bonds. The van der Waals surface area contributed by atoms with Crippen LogP contribution in [0.3, 0.4) is 0 Å². The predicted molar refractivity (Wildman–Crippen MR) is 93.3 cm³/mol. The fraction of sp³-hybridized carbons (Fsp3) is 0.235. The van der Waals surface area contributed by atoms with Crippen LogP contribution in [-0.4, -0.2) is 29.7 Å². The van der Waals surface area contributed by atoms with E-state index in [2.05, 4.69) is 5.32 Å². The number of hydrogen-bond donors (Lipinski definition) is 1. The summed E-state index contributed by atoms with van der Waals surface area (Å²) in [7, 11) is 0. The molecule has 0 radical (unpaired) electrons. The number of ether oxygens (including phenoxy) is 1. The van der Waals surface area contributed by atoms with Crippen LogP contribution in [0.4, 0.5) is 10.1 Å². The number of rotatable bonds is 9. The molecule has 0 atom stereocenters. The Morgan fingerprint density at radius 3 is 2.72 bits per heavy atom. The third-order valence-electron chi connectivity index (χ3n) is 3.12. The van der Waals surface area contributed by atoms with E-state index in [1.165, 1.54) is 30.3 Å². The summed E-state index contributed by atoms with van der Waals surface area (Å²) in [5, 5.41) is 13.4. The summed E-state index contributed by atoms with van der Waals surface area (Å²) < 4.78 is 18.0. The van der Waals surface area contributed by atoms with E-state index in [-0.39, 0.29) is 29.8 Å². The molecule has 0 heterocycles. The number of thioether (sulfide) groups is 1. The van der Waals surface area contributed by atoms with Crippen LogP contribution in [0.25, 0.3) is 0 Å². The molecule has 2 aromatic carbocycles. The number of carbonyl (C=O) groups excluding carboxylic acids is 1. The van der Waals surface area contributed by atoms with Gasteiger partial charge in [-0.05, 0) is 42.5 Å². The number of nitro benzene ring substituents is 1. The van der Waals surface area contributed by atoms with Crippen molar-refractivity contribution >= 4 is 23.4 Å². The molecule has 2 aromatic rings. The third-order valence-corrected chi connectivity index (χ3v) is 4.22. The van der Waals surface area contributed by atoms with E-state index < -0.39 is 4.92 Å². The van der Waals surface area contributed by atoms with Gasteiger partial charge in [0.15, 0.2) is 6.61 Å². The van der Waals surface area contributed by atoms with E-state index in [0.29, 0.717) is 6.54 Å². The highest BCUT2D eigenvalue weighted by Gasteiger charge is 2.08. The minimum Gasteiger partial charge on any atom is -0.484 e. The molecule has 132 valence electrons. The van der Waals surface area contributed by atoms with Gasteiger partial charge in [0.05, 0.1) is 11.0 Å². The molecule has 0 unspecified atom stereocenters. The Balaban J connectivity index is 1.61. The van der Waals surface area contributed by atoms with Crippen LogP contribution in [-0.2, 0) is 4.79 Å². The Morgan fingerprint density at radius 2 is 2.00 bits per heavy atom. The molecule has 8 heteroatoms. The maximum atomic E-state index is 12.8. The first-order chi connectivity index (χ1) is 12.0. The van der Waals surface area contributed by atoms with Gasteiger partial charge < -0.3 is 10.1 Å². The van der Waals surface area contributed by atoms with Gasteiger partial charge in [-0.3, -0.25) is 14.9 Å². The zero-order valence-corrected chi connectivity index (χ0v) is 14.1. The van der Waals surface area contributed by atoms with Crippen LogP contribution < -0.4 is 10.1 Å². The number of carbonyl (C=O) groups is 1. The molecular formula is C17H17FN2O4S. The molecule has 0 aliphatic carbocycles. The Morgan fingerprint density at radius 1 is 1.24 bits per heavy atom. The standard InChI is InChI=1S/C17H17FN2O4S/c18-13-5-7-16(8-6-13)25-10-2-9-19-17(21)12-24-15-4-1-3-14(11-15)20(22)23/h1,3-8,11H,2,9-10,12H2,(H,19,21). The maximum Gasteiger partial charge on any atom is 0.273 e. The molecule has 0 bridgehead atoms. The maximum absolute atomic E-state index is 12.8. The first-order valence-electron chi connectivity index (χ1n) is 7.57. The number of halogens is 1. The summed E-state index contributed by atoms with van der Waals surface area (Å²) >= 11 is 1.58. The van der Waals surface area contributed by atoms with Gasteiger partial charge in [-0.25, -0.2) is 4.39 Å². The van der Waals surface area contributed by atoms with Crippen molar-refractivity contribution in [2.24, 2.45) is 0 Å². The summed E-state index contributed by atoms with van der Waals surface area (Å²) in [4.78, 5) is 22.8. The van der Waals surface area contributed by atoms with Gasteiger partial charge in [0.2, 0.25) is 0 Å². The Bertz CT molecular complexity index is 725. The van der Waals surface area contributed by atoms with Crippen molar-refractivity contribution in [3.05, 3.63) is 64.5 Å². The zero-order chi connectivity index (χ0) is 18.1. The molecule has 0 saturated heterocycles. The molecule has 0 spiro atoms. The number of benzene rings is 2. The highest BCUT2D eigenvalue weighted by atomic mass is 32.2. The van der Waals surface area contributed by atoms with E-state index in [9.17, 15) is 19.3 Å². The first-order valence-corrected chi connectivity index (χ1v) is 8.55. The average Bonchev–Trinajstić information content (AvgIpc) is 2.61. The summed E-state index contributed by atoms with van der Waals surface area (Å²) in [6.07, 6.45) is 0.755. The Labute approximate surface area is 148 Å². The normalized spacial score (nSPS) is 10.3. The van der Waals surface area contributed by atoms with Crippen molar-refractivity contribution < 1.29 is 18.8 Å². The number of nitro groups is 1. The molecule has 6 nitrogen and oxygen atoms in total. The third kappa shape index (κ3) is 6.80. The highest BCUT2D eigenvalue weighted by molar-refractivity contribution is 7.99. The van der Waals surface area contributed by atoms with Crippen LogP contribution in [0.15, 0.2) is 53.4 Å². The van der Waals surface area contributed by atoms with Crippen molar-refractivity contribution in [2.45, 2.75) is 11.3 Å². The summed E-state index contributed by atoms with van der Waals surface area (Å²) in [6.45, 7) is 0.289. The molecule has 2 rings (SSSR count). The summed E-state index contributed by atoms with van der Waals surface area (Å²) in [5.74, 6) is 0.507. The minimum absolute atomic E-state index is 0.0873. The van der Waals surface area contributed by atoms with Crippen LogP contribution in [0.2, 0.25) is 0 Å².